The first kappa shape index (κ1) is 16.9. The number of benzene rings is 1. The van der Waals surface area contributed by atoms with E-state index in [1.54, 1.807) is 0 Å². The third-order valence-electron chi connectivity index (χ3n) is 3.92. The average Bonchev–Trinajstić information content (AvgIpc) is 2.50. The lowest BCUT2D eigenvalue weighted by Crippen LogP contribution is -2.43. The first-order valence-corrected chi connectivity index (χ1v) is 8.95. The normalized spacial score (nSPS) is 18.1. The lowest BCUT2D eigenvalue weighted by molar-refractivity contribution is -0.131. The van der Waals surface area contributed by atoms with Gasteiger partial charge in [0.25, 0.3) is 0 Å². The third kappa shape index (κ3) is 5.05. The van der Waals surface area contributed by atoms with Crippen molar-refractivity contribution in [1.82, 2.24) is 4.90 Å². The van der Waals surface area contributed by atoms with Gasteiger partial charge in [-0.3, -0.25) is 9.59 Å². The number of likely N-dealkylation sites (tertiary alicyclic amines) is 1. The number of hydrogen-bond acceptors (Lipinski definition) is 3. The maximum atomic E-state index is 12.2. The maximum Gasteiger partial charge on any atom is 0.234 e. The minimum atomic E-state index is -0.0617. The Kier molecular flexibility index (Phi) is 6.31. The van der Waals surface area contributed by atoms with Crippen LogP contribution in [0.15, 0.2) is 24.3 Å². The number of hydrogen-bond donors (Lipinski definition) is 1. The van der Waals surface area contributed by atoms with Crippen LogP contribution in [0.2, 0.25) is 0 Å². The molecular formula is C17H24N2O2S. The van der Waals surface area contributed by atoms with Crippen LogP contribution in [0.3, 0.4) is 0 Å². The lowest BCUT2D eigenvalue weighted by atomic mass is 10.0. The van der Waals surface area contributed by atoms with Gasteiger partial charge < -0.3 is 10.2 Å². The number of nitrogens with zero attached hydrogens (tertiary/aromatic N) is 1. The van der Waals surface area contributed by atoms with Crippen LogP contribution in [0.25, 0.3) is 0 Å². The molecule has 5 heteroatoms. The molecule has 120 valence electrons. The fourth-order valence-electron chi connectivity index (χ4n) is 2.62. The molecule has 4 nitrogen and oxygen atoms in total. The van der Waals surface area contributed by atoms with Gasteiger partial charge in [0, 0.05) is 18.3 Å². The van der Waals surface area contributed by atoms with Crippen molar-refractivity contribution in [3.8, 4) is 0 Å². The quantitative estimate of drug-likeness (QED) is 0.907. The summed E-state index contributed by atoms with van der Waals surface area (Å²) in [6, 6.07) is 8.04. The molecule has 2 rings (SSSR count). The molecule has 1 N–H and O–H groups in total. The number of carbonyl (C=O) groups excluding carboxylic acids is 2. The fraction of sp³-hybridized carbons (Fsp3) is 0.529. The summed E-state index contributed by atoms with van der Waals surface area (Å²) < 4.78 is 0. The molecule has 1 aromatic rings. The van der Waals surface area contributed by atoms with Crippen LogP contribution in [0.4, 0.5) is 5.69 Å². The minimum absolute atomic E-state index is 0.0617. The molecule has 1 heterocycles. The van der Waals surface area contributed by atoms with E-state index in [1.165, 1.54) is 18.2 Å². The molecule has 1 saturated heterocycles. The van der Waals surface area contributed by atoms with E-state index in [4.69, 9.17) is 0 Å². The zero-order valence-corrected chi connectivity index (χ0v) is 14.1. The molecule has 1 aliphatic rings. The van der Waals surface area contributed by atoms with E-state index in [-0.39, 0.29) is 11.8 Å². The summed E-state index contributed by atoms with van der Waals surface area (Å²) in [5.41, 5.74) is 1.96. The van der Waals surface area contributed by atoms with Crippen molar-refractivity contribution in [1.29, 1.82) is 0 Å². The molecule has 1 aromatic carbocycles. The molecule has 0 unspecified atom stereocenters. The second kappa shape index (κ2) is 8.22. The summed E-state index contributed by atoms with van der Waals surface area (Å²) in [7, 11) is 0. The third-order valence-corrected chi connectivity index (χ3v) is 4.83. The summed E-state index contributed by atoms with van der Waals surface area (Å²) >= 11 is 1.38. The van der Waals surface area contributed by atoms with Gasteiger partial charge >= 0.3 is 0 Å². The Hall–Kier alpha value is -1.49. The molecule has 2 amide bonds. The summed E-state index contributed by atoms with van der Waals surface area (Å²) in [5, 5.41) is 2.85. The van der Waals surface area contributed by atoms with Gasteiger partial charge in [-0.15, -0.1) is 11.8 Å². The topological polar surface area (TPSA) is 49.4 Å². The van der Waals surface area contributed by atoms with Gasteiger partial charge in [-0.2, -0.15) is 0 Å². The highest BCUT2D eigenvalue weighted by Crippen LogP contribution is 2.18. The predicted octanol–water partition coefficient (Wildman–Crippen LogP) is 3.07. The van der Waals surface area contributed by atoms with Crippen LogP contribution in [0.5, 0.6) is 0 Å². The van der Waals surface area contributed by atoms with Crippen molar-refractivity contribution in [3.63, 3.8) is 0 Å². The van der Waals surface area contributed by atoms with Gasteiger partial charge in [0.15, 0.2) is 0 Å². The van der Waals surface area contributed by atoms with Gasteiger partial charge in [0.1, 0.15) is 0 Å². The molecule has 1 atom stereocenters. The second-order valence-electron chi connectivity index (χ2n) is 5.84. The molecule has 1 fully saturated rings. The highest BCUT2D eigenvalue weighted by Gasteiger charge is 2.22. The van der Waals surface area contributed by atoms with Crippen molar-refractivity contribution in [2.24, 2.45) is 0 Å². The van der Waals surface area contributed by atoms with E-state index in [9.17, 15) is 9.59 Å². The summed E-state index contributed by atoms with van der Waals surface area (Å²) in [5.74, 6) is 0.779. The van der Waals surface area contributed by atoms with Crippen molar-refractivity contribution in [3.05, 3.63) is 29.8 Å². The maximum absolute atomic E-state index is 12.2. The van der Waals surface area contributed by atoms with E-state index >= 15 is 0 Å². The first-order valence-electron chi connectivity index (χ1n) is 7.80. The monoisotopic (exact) mass is 320 g/mol. The predicted molar refractivity (Wildman–Crippen MR) is 92.2 cm³/mol. The molecule has 0 aromatic heterocycles. The molecule has 22 heavy (non-hydrogen) atoms. The molecule has 0 saturated carbocycles. The molecule has 0 aliphatic carbocycles. The van der Waals surface area contributed by atoms with Crippen molar-refractivity contribution >= 4 is 29.3 Å². The number of anilines is 1. The molecule has 1 aliphatic heterocycles. The highest BCUT2D eigenvalue weighted by molar-refractivity contribution is 8.00. The van der Waals surface area contributed by atoms with Crippen LogP contribution in [-0.4, -0.2) is 40.8 Å². The van der Waals surface area contributed by atoms with Crippen molar-refractivity contribution < 1.29 is 9.59 Å². The largest absolute Gasteiger partial charge is 0.339 e. The molecule has 0 bridgehead atoms. The van der Waals surface area contributed by atoms with E-state index in [0.717, 1.165) is 30.6 Å². The van der Waals surface area contributed by atoms with Gasteiger partial charge in [0.2, 0.25) is 11.8 Å². The van der Waals surface area contributed by atoms with Gasteiger partial charge in [-0.05, 0) is 45.2 Å². The zero-order chi connectivity index (χ0) is 15.9. The average molecular weight is 320 g/mol. The van der Waals surface area contributed by atoms with Gasteiger partial charge in [0.05, 0.1) is 11.5 Å². The zero-order valence-electron chi connectivity index (χ0n) is 13.3. The Morgan fingerprint density at radius 2 is 1.95 bits per heavy atom. The number of carbonyl (C=O) groups is 2. The number of nitrogens with one attached hydrogen (secondary N) is 1. The Morgan fingerprint density at radius 3 is 2.64 bits per heavy atom. The summed E-state index contributed by atoms with van der Waals surface area (Å²) in [6.07, 6.45) is 3.38. The fourth-order valence-corrected chi connectivity index (χ4v) is 3.32. The SMILES string of the molecule is Cc1ccc(NC(=O)CSCC(=O)N2CCCC[C@H]2C)cc1. The molecular weight excluding hydrogens is 296 g/mol. The Morgan fingerprint density at radius 1 is 1.23 bits per heavy atom. The first-order chi connectivity index (χ1) is 10.6. The van der Waals surface area contributed by atoms with Crippen LogP contribution < -0.4 is 5.32 Å². The molecule has 0 radical (unpaired) electrons. The summed E-state index contributed by atoms with van der Waals surface area (Å²) in [4.78, 5) is 26.0. The van der Waals surface area contributed by atoms with E-state index in [2.05, 4.69) is 12.2 Å². The number of amides is 2. The summed E-state index contributed by atoms with van der Waals surface area (Å²) in [6.45, 7) is 4.97. The number of piperidine rings is 1. The minimum Gasteiger partial charge on any atom is -0.339 e. The number of thioether (sulfide) groups is 1. The number of rotatable bonds is 5. The molecule has 0 spiro atoms. The van der Waals surface area contributed by atoms with E-state index in [0.29, 0.717) is 17.5 Å². The van der Waals surface area contributed by atoms with Crippen LogP contribution >= 0.6 is 11.8 Å². The van der Waals surface area contributed by atoms with Crippen molar-refractivity contribution in [2.45, 2.75) is 39.2 Å². The van der Waals surface area contributed by atoms with Gasteiger partial charge in [-0.1, -0.05) is 17.7 Å². The van der Waals surface area contributed by atoms with Crippen LogP contribution in [0.1, 0.15) is 31.7 Å². The highest BCUT2D eigenvalue weighted by atomic mass is 32.2. The smallest absolute Gasteiger partial charge is 0.234 e. The van der Waals surface area contributed by atoms with Crippen LogP contribution in [-0.2, 0) is 9.59 Å². The lowest BCUT2D eigenvalue weighted by Gasteiger charge is -2.33. The Bertz CT molecular complexity index is 516. The standard InChI is InChI=1S/C17H24N2O2S/c1-13-6-8-15(9-7-13)18-16(20)11-22-12-17(21)19-10-4-3-5-14(19)2/h6-9,14H,3-5,10-12H2,1-2H3,(H,18,20)/t14-/m1/s1. The van der Waals surface area contributed by atoms with Crippen molar-refractivity contribution in [2.75, 3.05) is 23.4 Å². The van der Waals surface area contributed by atoms with Gasteiger partial charge in [-0.25, -0.2) is 0 Å². The van der Waals surface area contributed by atoms with Crippen LogP contribution in [0, 0.1) is 6.92 Å². The second-order valence-corrected chi connectivity index (χ2v) is 6.82. The number of aryl methyl sites for hydroxylation is 1. The van der Waals surface area contributed by atoms with E-state index < -0.39 is 0 Å². The van der Waals surface area contributed by atoms with E-state index in [1.807, 2.05) is 36.1 Å². The Labute approximate surface area is 136 Å². The Balaban J connectivity index is 1.70.